The predicted octanol–water partition coefficient (Wildman–Crippen LogP) is 3.99. The number of ether oxygens (including phenoxy) is 1. The lowest BCUT2D eigenvalue weighted by molar-refractivity contribution is 0.0981. The standard InChI is InChI=1S/C17H17NO2S/c1-11(2)15-6-7-16(21-15)18-9-8-12-10-13(20-3)4-5-14(12)17(18)19/h4-7,10H,1,8-9H2,2-3H3. The van der Waals surface area contributed by atoms with Gasteiger partial charge < -0.3 is 4.74 Å². The SMILES string of the molecule is C=C(C)c1ccc(N2CCc3cc(OC)ccc3C2=O)s1. The van der Waals surface area contributed by atoms with E-state index >= 15 is 0 Å². The Kier molecular flexibility index (Phi) is 3.55. The summed E-state index contributed by atoms with van der Waals surface area (Å²) in [5.41, 5.74) is 2.86. The van der Waals surface area contributed by atoms with E-state index in [0.29, 0.717) is 6.54 Å². The smallest absolute Gasteiger partial charge is 0.259 e. The summed E-state index contributed by atoms with van der Waals surface area (Å²) in [6, 6.07) is 9.68. The highest BCUT2D eigenvalue weighted by Crippen LogP contribution is 2.33. The number of nitrogens with zero attached hydrogens (tertiary/aromatic N) is 1. The molecule has 1 aromatic heterocycles. The highest BCUT2D eigenvalue weighted by atomic mass is 32.1. The third-order valence-electron chi connectivity index (χ3n) is 3.67. The average molecular weight is 299 g/mol. The van der Waals surface area contributed by atoms with Crippen LogP contribution < -0.4 is 9.64 Å². The molecule has 0 atom stereocenters. The normalized spacial score (nSPS) is 14.0. The van der Waals surface area contributed by atoms with Gasteiger partial charge in [-0.25, -0.2) is 0 Å². The maximum absolute atomic E-state index is 12.7. The van der Waals surface area contributed by atoms with Crippen molar-refractivity contribution in [2.24, 2.45) is 0 Å². The molecule has 0 aliphatic carbocycles. The summed E-state index contributed by atoms with van der Waals surface area (Å²) < 4.78 is 5.22. The van der Waals surface area contributed by atoms with Gasteiger partial charge >= 0.3 is 0 Å². The molecule has 0 radical (unpaired) electrons. The molecule has 4 heteroatoms. The molecule has 1 aliphatic heterocycles. The summed E-state index contributed by atoms with van der Waals surface area (Å²) in [7, 11) is 1.64. The van der Waals surface area contributed by atoms with Crippen molar-refractivity contribution in [3.05, 3.63) is 52.9 Å². The van der Waals surface area contributed by atoms with Gasteiger partial charge in [0.15, 0.2) is 0 Å². The second-order valence-corrected chi connectivity index (χ2v) is 6.21. The van der Waals surface area contributed by atoms with Crippen molar-refractivity contribution in [1.29, 1.82) is 0 Å². The quantitative estimate of drug-likeness (QED) is 0.857. The van der Waals surface area contributed by atoms with Gasteiger partial charge in [0.25, 0.3) is 5.91 Å². The second kappa shape index (κ2) is 5.37. The van der Waals surface area contributed by atoms with Crippen LogP contribution in [0.15, 0.2) is 36.9 Å². The number of rotatable bonds is 3. The van der Waals surface area contributed by atoms with Crippen LogP contribution in [0.1, 0.15) is 27.7 Å². The van der Waals surface area contributed by atoms with Gasteiger partial charge in [-0.1, -0.05) is 6.58 Å². The van der Waals surface area contributed by atoms with E-state index in [0.717, 1.165) is 38.7 Å². The van der Waals surface area contributed by atoms with E-state index in [9.17, 15) is 4.79 Å². The first-order chi connectivity index (χ1) is 10.1. The molecule has 0 fully saturated rings. The second-order valence-electron chi connectivity index (χ2n) is 5.15. The molecule has 2 heterocycles. The third kappa shape index (κ3) is 2.47. The molecule has 0 saturated heterocycles. The van der Waals surface area contributed by atoms with Crippen molar-refractivity contribution < 1.29 is 9.53 Å². The summed E-state index contributed by atoms with van der Waals surface area (Å²) >= 11 is 1.61. The van der Waals surface area contributed by atoms with E-state index < -0.39 is 0 Å². The van der Waals surface area contributed by atoms with Gasteiger partial charge in [0.2, 0.25) is 0 Å². The molecule has 0 unspecified atom stereocenters. The molecule has 3 rings (SSSR count). The first kappa shape index (κ1) is 13.9. The van der Waals surface area contributed by atoms with Crippen LogP contribution in [0, 0.1) is 0 Å². The lowest BCUT2D eigenvalue weighted by Gasteiger charge is -2.27. The van der Waals surface area contributed by atoms with Crippen molar-refractivity contribution in [3.8, 4) is 5.75 Å². The van der Waals surface area contributed by atoms with Crippen LogP contribution in [0.3, 0.4) is 0 Å². The van der Waals surface area contributed by atoms with Crippen LogP contribution in [0.5, 0.6) is 5.75 Å². The Morgan fingerprint density at radius 3 is 2.81 bits per heavy atom. The molecule has 3 nitrogen and oxygen atoms in total. The molecule has 1 aliphatic rings. The van der Waals surface area contributed by atoms with Crippen molar-refractivity contribution in [1.82, 2.24) is 0 Å². The fourth-order valence-corrected chi connectivity index (χ4v) is 3.46. The van der Waals surface area contributed by atoms with E-state index in [-0.39, 0.29) is 5.91 Å². The van der Waals surface area contributed by atoms with E-state index in [2.05, 4.69) is 6.58 Å². The molecule has 0 saturated carbocycles. The first-order valence-corrected chi connectivity index (χ1v) is 7.66. The summed E-state index contributed by atoms with van der Waals surface area (Å²) in [6.07, 6.45) is 0.846. The number of thiophene rings is 1. The average Bonchev–Trinajstić information content (AvgIpc) is 2.97. The van der Waals surface area contributed by atoms with Crippen LogP contribution in [-0.4, -0.2) is 19.6 Å². The number of hydrogen-bond acceptors (Lipinski definition) is 3. The molecule has 0 bridgehead atoms. The lowest BCUT2D eigenvalue weighted by Crippen LogP contribution is -2.37. The molecule has 2 aromatic rings. The monoisotopic (exact) mass is 299 g/mol. The summed E-state index contributed by atoms with van der Waals surface area (Å²) in [5.74, 6) is 0.865. The number of carbonyl (C=O) groups is 1. The van der Waals surface area contributed by atoms with Crippen LogP contribution >= 0.6 is 11.3 Å². The van der Waals surface area contributed by atoms with E-state index in [1.165, 1.54) is 0 Å². The van der Waals surface area contributed by atoms with Crippen molar-refractivity contribution in [2.45, 2.75) is 13.3 Å². The van der Waals surface area contributed by atoms with Crippen LogP contribution in [0.25, 0.3) is 5.57 Å². The summed E-state index contributed by atoms with van der Waals surface area (Å²) in [6.45, 7) is 6.64. The first-order valence-electron chi connectivity index (χ1n) is 6.84. The number of allylic oxidation sites excluding steroid dienone is 1. The Morgan fingerprint density at radius 2 is 2.14 bits per heavy atom. The summed E-state index contributed by atoms with van der Waals surface area (Å²) in [5, 5.41) is 0.986. The molecule has 0 N–H and O–H groups in total. The van der Waals surface area contributed by atoms with E-state index in [1.807, 2.05) is 42.2 Å². The van der Waals surface area contributed by atoms with Gasteiger partial charge in [-0.05, 0) is 54.8 Å². The van der Waals surface area contributed by atoms with Gasteiger partial charge in [0, 0.05) is 17.0 Å². The molecule has 1 aromatic carbocycles. The number of amides is 1. The van der Waals surface area contributed by atoms with Gasteiger partial charge in [-0.3, -0.25) is 9.69 Å². The van der Waals surface area contributed by atoms with Crippen LogP contribution in [0.2, 0.25) is 0 Å². The Labute approximate surface area is 128 Å². The zero-order valence-corrected chi connectivity index (χ0v) is 13.0. The predicted molar refractivity (Wildman–Crippen MR) is 87.4 cm³/mol. The zero-order chi connectivity index (χ0) is 15.0. The summed E-state index contributed by atoms with van der Waals surface area (Å²) in [4.78, 5) is 15.6. The fraction of sp³-hybridized carbons (Fsp3) is 0.235. The minimum absolute atomic E-state index is 0.0639. The Hall–Kier alpha value is -2.07. The van der Waals surface area contributed by atoms with E-state index in [1.54, 1.807) is 18.4 Å². The number of fused-ring (bicyclic) bond motifs is 1. The zero-order valence-electron chi connectivity index (χ0n) is 12.2. The van der Waals surface area contributed by atoms with Crippen LogP contribution in [-0.2, 0) is 6.42 Å². The Morgan fingerprint density at radius 1 is 1.33 bits per heavy atom. The Bertz CT molecular complexity index is 717. The van der Waals surface area contributed by atoms with Crippen molar-refractivity contribution in [3.63, 3.8) is 0 Å². The minimum atomic E-state index is 0.0639. The third-order valence-corrected chi connectivity index (χ3v) is 4.94. The number of benzene rings is 1. The van der Waals surface area contributed by atoms with Gasteiger partial charge in [-0.2, -0.15) is 0 Å². The Balaban J connectivity index is 1.92. The van der Waals surface area contributed by atoms with Gasteiger partial charge in [0.1, 0.15) is 5.75 Å². The molecule has 21 heavy (non-hydrogen) atoms. The van der Waals surface area contributed by atoms with Gasteiger partial charge in [0.05, 0.1) is 12.1 Å². The molecule has 108 valence electrons. The molecule has 0 spiro atoms. The van der Waals surface area contributed by atoms with Crippen LogP contribution in [0.4, 0.5) is 5.00 Å². The lowest BCUT2D eigenvalue weighted by atomic mass is 9.99. The fourth-order valence-electron chi connectivity index (χ4n) is 2.50. The van der Waals surface area contributed by atoms with Crippen molar-refractivity contribution >= 4 is 27.8 Å². The number of anilines is 1. The number of methoxy groups -OCH3 is 1. The molecule has 1 amide bonds. The highest BCUT2D eigenvalue weighted by molar-refractivity contribution is 7.17. The van der Waals surface area contributed by atoms with Crippen molar-refractivity contribution in [2.75, 3.05) is 18.6 Å². The highest BCUT2D eigenvalue weighted by Gasteiger charge is 2.26. The largest absolute Gasteiger partial charge is 0.497 e. The molecular weight excluding hydrogens is 282 g/mol. The number of hydrogen-bond donors (Lipinski definition) is 0. The minimum Gasteiger partial charge on any atom is -0.497 e. The molecular formula is C17H17NO2S. The maximum atomic E-state index is 12.7. The topological polar surface area (TPSA) is 29.5 Å². The maximum Gasteiger partial charge on any atom is 0.259 e. The van der Waals surface area contributed by atoms with Gasteiger partial charge in [-0.15, -0.1) is 11.3 Å². The van der Waals surface area contributed by atoms with E-state index in [4.69, 9.17) is 4.74 Å². The number of carbonyl (C=O) groups excluding carboxylic acids is 1.